The molecule has 0 atom stereocenters. The highest BCUT2D eigenvalue weighted by molar-refractivity contribution is 5.65. The van der Waals surface area contributed by atoms with Crippen LogP contribution in [0, 0.1) is 13.8 Å². The van der Waals surface area contributed by atoms with Crippen molar-refractivity contribution in [1.82, 2.24) is 15.0 Å². The van der Waals surface area contributed by atoms with E-state index in [9.17, 15) is 0 Å². The van der Waals surface area contributed by atoms with Crippen LogP contribution in [0.25, 0.3) is 28.9 Å². The summed E-state index contributed by atoms with van der Waals surface area (Å²) in [6, 6.07) is 16.1. The SMILES string of the molecule is C=CC.C=Cc1cc(-c2nc(C)nc(-c3ccccc3)n2)ccc1C.CCC. The van der Waals surface area contributed by atoms with Crippen LogP contribution in [-0.2, 0) is 0 Å². The fourth-order valence-corrected chi connectivity index (χ4v) is 2.33. The maximum Gasteiger partial charge on any atom is 0.163 e. The molecular weight excluding hydrogens is 342 g/mol. The molecule has 1 heterocycles. The molecule has 0 saturated heterocycles. The van der Waals surface area contributed by atoms with Crippen molar-refractivity contribution in [3.05, 3.63) is 84.7 Å². The molecule has 146 valence electrons. The first-order valence-electron chi connectivity index (χ1n) is 9.59. The summed E-state index contributed by atoms with van der Waals surface area (Å²) < 4.78 is 0. The van der Waals surface area contributed by atoms with Crippen molar-refractivity contribution in [3.63, 3.8) is 0 Å². The lowest BCUT2D eigenvalue weighted by atomic mass is 10.0. The molecule has 0 aliphatic heterocycles. The van der Waals surface area contributed by atoms with Gasteiger partial charge in [-0.15, -0.1) is 6.58 Å². The first-order valence-corrected chi connectivity index (χ1v) is 9.59. The van der Waals surface area contributed by atoms with Gasteiger partial charge in [0.25, 0.3) is 0 Å². The molecule has 0 radical (unpaired) electrons. The van der Waals surface area contributed by atoms with E-state index in [-0.39, 0.29) is 0 Å². The van der Waals surface area contributed by atoms with Crippen LogP contribution in [0.5, 0.6) is 0 Å². The second-order valence-electron chi connectivity index (χ2n) is 6.29. The van der Waals surface area contributed by atoms with Crippen LogP contribution in [0.4, 0.5) is 0 Å². The van der Waals surface area contributed by atoms with Gasteiger partial charge in [-0.1, -0.05) is 81.5 Å². The maximum atomic E-state index is 4.62. The minimum absolute atomic E-state index is 0.689. The molecular formula is C25H31N3. The largest absolute Gasteiger partial charge is 0.213 e. The van der Waals surface area contributed by atoms with E-state index in [0.717, 1.165) is 16.7 Å². The van der Waals surface area contributed by atoms with Crippen LogP contribution in [0.2, 0.25) is 0 Å². The smallest absolute Gasteiger partial charge is 0.163 e. The maximum absolute atomic E-state index is 4.62. The third kappa shape index (κ3) is 6.92. The van der Waals surface area contributed by atoms with Crippen LogP contribution >= 0.6 is 0 Å². The van der Waals surface area contributed by atoms with Gasteiger partial charge >= 0.3 is 0 Å². The summed E-state index contributed by atoms with van der Waals surface area (Å²) in [5.41, 5.74) is 4.25. The molecule has 0 N–H and O–H groups in total. The van der Waals surface area contributed by atoms with Crippen LogP contribution in [0.1, 0.15) is 44.1 Å². The van der Waals surface area contributed by atoms with Gasteiger partial charge in [-0.2, -0.15) is 0 Å². The minimum Gasteiger partial charge on any atom is -0.213 e. The molecule has 2 aromatic carbocycles. The third-order valence-electron chi connectivity index (χ3n) is 3.54. The minimum atomic E-state index is 0.689. The molecule has 0 aliphatic carbocycles. The van der Waals surface area contributed by atoms with Crippen LogP contribution < -0.4 is 0 Å². The number of allylic oxidation sites excluding steroid dienone is 1. The molecule has 0 aliphatic rings. The number of nitrogens with zero attached hydrogens (tertiary/aromatic N) is 3. The van der Waals surface area contributed by atoms with Crippen LogP contribution in [0.15, 0.2) is 67.8 Å². The first-order chi connectivity index (χ1) is 13.5. The average Bonchev–Trinajstić information content (AvgIpc) is 2.70. The number of benzene rings is 2. The van der Waals surface area contributed by atoms with Crippen LogP contribution in [-0.4, -0.2) is 15.0 Å². The molecule has 0 amide bonds. The Labute approximate surface area is 169 Å². The normalized spacial score (nSPS) is 9.32. The molecule has 3 nitrogen and oxygen atoms in total. The zero-order valence-corrected chi connectivity index (χ0v) is 17.7. The summed E-state index contributed by atoms with van der Waals surface area (Å²) in [6.07, 6.45) is 4.85. The monoisotopic (exact) mass is 373 g/mol. The molecule has 0 spiro atoms. The summed E-state index contributed by atoms with van der Waals surface area (Å²) in [4.78, 5) is 13.5. The molecule has 0 fully saturated rings. The van der Waals surface area contributed by atoms with Gasteiger partial charge < -0.3 is 0 Å². The van der Waals surface area contributed by atoms with Crippen LogP contribution in [0.3, 0.4) is 0 Å². The Morgan fingerprint density at radius 1 is 0.821 bits per heavy atom. The molecule has 28 heavy (non-hydrogen) atoms. The lowest BCUT2D eigenvalue weighted by Crippen LogP contribution is -1.99. The van der Waals surface area contributed by atoms with Crippen molar-refractivity contribution >= 4 is 6.08 Å². The van der Waals surface area contributed by atoms with Crippen molar-refractivity contribution in [3.8, 4) is 22.8 Å². The van der Waals surface area contributed by atoms with Gasteiger partial charge in [-0.3, -0.25) is 0 Å². The highest BCUT2D eigenvalue weighted by Gasteiger charge is 2.09. The Morgan fingerprint density at radius 2 is 1.36 bits per heavy atom. The Morgan fingerprint density at radius 3 is 1.89 bits per heavy atom. The van der Waals surface area contributed by atoms with E-state index >= 15 is 0 Å². The van der Waals surface area contributed by atoms with E-state index in [1.54, 1.807) is 6.08 Å². The van der Waals surface area contributed by atoms with Gasteiger partial charge in [0.2, 0.25) is 0 Å². The van der Waals surface area contributed by atoms with Crippen molar-refractivity contribution in [2.45, 2.75) is 41.0 Å². The van der Waals surface area contributed by atoms with E-state index in [1.165, 1.54) is 12.0 Å². The topological polar surface area (TPSA) is 38.7 Å². The molecule has 3 rings (SSSR count). The zero-order valence-electron chi connectivity index (χ0n) is 17.7. The molecule has 3 heteroatoms. The Kier molecular flexibility index (Phi) is 10.1. The number of aryl methyl sites for hydroxylation is 2. The van der Waals surface area contributed by atoms with E-state index in [4.69, 9.17) is 0 Å². The molecule has 0 saturated carbocycles. The molecule has 1 aromatic heterocycles. The Bertz CT molecular complexity index is 884. The van der Waals surface area contributed by atoms with Crippen molar-refractivity contribution in [2.75, 3.05) is 0 Å². The van der Waals surface area contributed by atoms with Gasteiger partial charge in [-0.25, -0.2) is 15.0 Å². The van der Waals surface area contributed by atoms with Gasteiger partial charge in [-0.05, 0) is 38.0 Å². The second kappa shape index (κ2) is 12.3. The lowest BCUT2D eigenvalue weighted by Gasteiger charge is -2.07. The predicted octanol–water partition coefficient (Wildman–Crippen LogP) is 7.07. The predicted molar refractivity (Wildman–Crippen MR) is 122 cm³/mol. The summed E-state index contributed by atoms with van der Waals surface area (Å²) >= 11 is 0. The molecule has 0 bridgehead atoms. The fourth-order valence-electron chi connectivity index (χ4n) is 2.33. The number of hydrogen-bond acceptors (Lipinski definition) is 3. The third-order valence-corrected chi connectivity index (χ3v) is 3.54. The second-order valence-corrected chi connectivity index (χ2v) is 6.29. The summed E-state index contributed by atoms with van der Waals surface area (Å²) in [7, 11) is 0. The summed E-state index contributed by atoms with van der Waals surface area (Å²) in [5.74, 6) is 2.10. The number of hydrogen-bond donors (Lipinski definition) is 0. The standard InChI is InChI=1S/C19H17N3.C3H8.C3H6/c1-4-15-12-17(11-10-13(15)2)19-21-14(3)20-18(22-19)16-8-6-5-7-9-16;2*1-3-2/h4-12H,1H2,2-3H3;3H2,1-2H3;3H,1H2,2H3. The van der Waals surface area contributed by atoms with Gasteiger partial charge in [0.1, 0.15) is 5.82 Å². The lowest BCUT2D eigenvalue weighted by molar-refractivity contribution is 0.991. The molecule has 0 unspecified atom stereocenters. The van der Waals surface area contributed by atoms with E-state index in [0.29, 0.717) is 17.5 Å². The first kappa shape index (κ1) is 23.0. The van der Waals surface area contributed by atoms with Gasteiger partial charge in [0, 0.05) is 11.1 Å². The van der Waals surface area contributed by atoms with Crippen molar-refractivity contribution in [2.24, 2.45) is 0 Å². The Balaban J connectivity index is 0.000000582. The highest BCUT2D eigenvalue weighted by Crippen LogP contribution is 2.22. The molecule has 3 aromatic rings. The number of rotatable bonds is 3. The number of aromatic nitrogens is 3. The zero-order chi connectivity index (χ0) is 20.9. The quantitative estimate of drug-likeness (QED) is 0.461. The van der Waals surface area contributed by atoms with Gasteiger partial charge in [0.15, 0.2) is 11.6 Å². The average molecular weight is 374 g/mol. The van der Waals surface area contributed by atoms with Crippen molar-refractivity contribution < 1.29 is 0 Å². The Hall–Kier alpha value is -3.07. The van der Waals surface area contributed by atoms with Gasteiger partial charge in [0.05, 0.1) is 0 Å². The van der Waals surface area contributed by atoms with E-state index < -0.39 is 0 Å². The van der Waals surface area contributed by atoms with E-state index in [2.05, 4.69) is 61.0 Å². The fraction of sp³-hybridized carbons (Fsp3) is 0.240. The van der Waals surface area contributed by atoms with Crippen molar-refractivity contribution in [1.29, 1.82) is 0 Å². The summed E-state index contributed by atoms with van der Waals surface area (Å²) in [5, 5.41) is 0. The summed E-state index contributed by atoms with van der Waals surface area (Å²) in [6.45, 7) is 17.3. The highest BCUT2D eigenvalue weighted by atomic mass is 15.0. The van der Waals surface area contributed by atoms with E-state index in [1.807, 2.05) is 56.3 Å².